The van der Waals surface area contributed by atoms with Crippen LogP contribution in [0.25, 0.3) is 10.9 Å². The molecule has 0 amide bonds. The minimum atomic E-state index is 0.460. The summed E-state index contributed by atoms with van der Waals surface area (Å²) in [6.07, 6.45) is 8.34. The summed E-state index contributed by atoms with van der Waals surface area (Å²) in [6, 6.07) is 11.2. The lowest BCUT2D eigenvalue weighted by atomic mass is 9.98. The first-order chi connectivity index (χ1) is 9.35. The molecule has 2 rings (SSSR count). The number of hydrogen-bond acceptors (Lipinski definition) is 2. The molecule has 0 radical (unpaired) electrons. The highest BCUT2D eigenvalue weighted by atomic mass is 14.9. The normalized spacial score (nSPS) is 12.7. The number of nitrogens with zero attached hydrogens (tertiary/aromatic N) is 1. The van der Waals surface area contributed by atoms with Crippen LogP contribution in [0.5, 0.6) is 0 Å². The highest BCUT2D eigenvalue weighted by Gasteiger charge is 2.09. The van der Waals surface area contributed by atoms with Crippen LogP contribution in [0, 0.1) is 0 Å². The van der Waals surface area contributed by atoms with Crippen LogP contribution in [0.1, 0.15) is 50.6 Å². The van der Waals surface area contributed by atoms with Gasteiger partial charge in [0.15, 0.2) is 0 Å². The summed E-state index contributed by atoms with van der Waals surface area (Å²) >= 11 is 0. The summed E-state index contributed by atoms with van der Waals surface area (Å²) in [5.41, 5.74) is 2.45. The van der Waals surface area contributed by atoms with Gasteiger partial charge in [0, 0.05) is 17.6 Å². The first-order valence-corrected chi connectivity index (χ1v) is 7.37. The van der Waals surface area contributed by atoms with E-state index in [0.29, 0.717) is 6.04 Å². The zero-order valence-corrected chi connectivity index (χ0v) is 12.0. The van der Waals surface area contributed by atoms with Gasteiger partial charge in [-0.25, -0.2) is 0 Å². The van der Waals surface area contributed by atoms with E-state index in [1.54, 1.807) is 0 Å². The van der Waals surface area contributed by atoms with Crippen LogP contribution in [0.3, 0.4) is 0 Å². The first kappa shape index (κ1) is 14.0. The Bertz CT molecular complexity index is 507. The molecule has 102 valence electrons. The van der Waals surface area contributed by atoms with Crippen molar-refractivity contribution in [2.45, 2.75) is 45.1 Å². The lowest BCUT2D eigenvalue weighted by Gasteiger charge is -2.17. The molecule has 0 spiro atoms. The van der Waals surface area contributed by atoms with E-state index in [2.05, 4.69) is 48.5 Å². The average molecular weight is 256 g/mol. The molecule has 0 bridgehead atoms. The maximum Gasteiger partial charge on any atom is 0.0702 e. The standard InChI is InChI=1S/C17H24N2/c1-3-4-5-6-9-16(18-2)15-10-11-17-14(13-15)8-7-12-19-17/h7-8,10-13,16,18H,3-6,9H2,1-2H3. The van der Waals surface area contributed by atoms with Gasteiger partial charge in [-0.15, -0.1) is 0 Å². The largest absolute Gasteiger partial charge is 0.313 e. The number of nitrogens with one attached hydrogen (secondary N) is 1. The van der Waals surface area contributed by atoms with Crippen molar-refractivity contribution in [3.63, 3.8) is 0 Å². The van der Waals surface area contributed by atoms with Crippen molar-refractivity contribution in [3.8, 4) is 0 Å². The molecule has 0 saturated heterocycles. The van der Waals surface area contributed by atoms with E-state index >= 15 is 0 Å². The molecule has 0 saturated carbocycles. The molecule has 1 N–H and O–H groups in total. The van der Waals surface area contributed by atoms with Gasteiger partial charge in [-0.05, 0) is 37.2 Å². The molecule has 0 aliphatic carbocycles. The van der Waals surface area contributed by atoms with E-state index in [1.807, 2.05) is 12.3 Å². The summed E-state index contributed by atoms with van der Waals surface area (Å²) in [5.74, 6) is 0. The van der Waals surface area contributed by atoms with Gasteiger partial charge >= 0.3 is 0 Å². The van der Waals surface area contributed by atoms with Gasteiger partial charge in [-0.2, -0.15) is 0 Å². The smallest absolute Gasteiger partial charge is 0.0702 e. The molecular weight excluding hydrogens is 232 g/mol. The molecule has 19 heavy (non-hydrogen) atoms. The van der Waals surface area contributed by atoms with Crippen LogP contribution in [-0.4, -0.2) is 12.0 Å². The number of hydrogen-bond donors (Lipinski definition) is 1. The summed E-state index contributed by atoms with van der Waals surface area (Å²) in [4.78, 5) is 4.37. The Balaban J connectivity index is 2.07. The van der Waals surface area contributed by atoms with Crippen LogP contribution in [0.4, 0.5) is 0 Å². The monoisotopic (exact) mass is 256 g/mol. The number of rotatable bonds is 7. The zero-order valence-electron chi connectivity index (χ0n) is 12.0. The fourth-order valence-corrected chi connectivity index (χ4v) is 2.56. The van der Waals surface area contributed by atoms with Crippen LogP contribution in [-0.2, 0) is 0 Å². The minimum absolute atomic E-state index is 0.460. The van der Waals surface area contributed by atoms with Crippen LogP contribution in [0.2, 0.25) is 0 Å². The van der Waals surface area contributed by atoms with E-state index < -0.39 is 0 Å². The molecule has 0 aliphatic rings. The highest BCUT2D eigenvalue weighted by molar-refractivity contribution is 5.79. The van der Waals surface area contributed by atoms with Crippen molar-refractivity contribution < 1.29 is 0 Å². The first-order valence-electron chi connectivity index (χ1n) is 7.37. The Morgan fingerprint density at radius 2 is 2.05 bits per heavy atom. The Hall–Kier alpha value is -1.41. The predicted molar refractivity (Wildman–Crippen MR) is 82.3 cm³/mol. The van der Waals surface area contributed by atoms with E-state index in [4.69, 9.17) is 0 Å². The summed E-state index contributed by atoms with van der Waals surface area (Å²) in [6.45, 7) is 2.26. The molecular formula is C17H24N2. The fraction of sp³-hybridized carbons (Fsp3) is 0.471. The molecule has 1 aromatic heterocycles. The van der Waals surface area contributed by atoms with Crippen LogP contribution < -0.4 is 5.32 Å². The molecule has 1 aromatic carbocycles. The lowest BCUT2D eigenvalue weighted by Crippen LogP contribution is -2.16. The maximum absolute atomic E-state index is 4.37. The fourth-order valence-electron chi connectivity index (χ4n) is 2.56. The average Bonchev–Trinajstić information content (AvgIpc) is 2.47. The molecule has 0 aliphatic heterocycles. The highest BCUT2D eigenvalue weighted by Crippen LogP contribution is 2.23. The molecule has 2 heteroatoms. The van der Waals surface area contributed by atoms with Crippen molar-refractivity contribution in [1.82, 2.24) is 10.3 Å². The van der Waals surface area contributed by atoms with Gasteiger partial charge < -0.3 is 5.32 Å². The quantitative estimate of drug-likeness (QED) is 0.739. The van der Waals surface area contributed by atoms with Crippen molar-refractivity contribution in [2.24, 2.45) is 0 Å². The van der Waals surface area contributed by atoms with E-state index in [-0.39, 0.29) is 0 Å². The van der Waals surface area contributed by atoms with Crippen molar-refractivity contribution >= 4 is 10.9 Å². The number of fused-ring (bicyclic) bond motifs is 1. The Morgan fingerprint density at radius 1 is 1.16 bits per heavy atom. The minimum Gasteiger partial charge on any atom is -0.313 e. The number of unbranched alkanes of at least 4 members (excludes halogenated alkanes) is 3. The van der Waals surface area contributed by atoms with Gasteiger partial charge in [0.05, 0.1) is 5.52 Å². The van der Waals surface area contributed by atoms with Gasteiger partial charge in [0.25, 0.3) is 0 Å². The summed E-state index contributed by atoms with van der Waals surface area (Å²) < 4.78 is 0. The number of pyridine rings is 1. The molecule has 2 aromatic rings. The van der Waals surface area contributed by atoms with Crippen molar-refractivity contribution in [1.29, 1.82) is 0 Å². The van der Waals surface area contributed by atoms with Gasteiger partial charge in [-0.1, -0.05) is 44.7 Å². The third-order valence-corrected chi connectivity index (χ3v) is 3.72. The molecule has 2 nitrogen and oxygen atoms in total. The SMILES string of the molecule is CCCCCCC(NC)c1ccc2ncccc2c1. The summed E-state index contributed by atoms with van der Waals surface area (Å²) in [5, 5.41) is 4.67. The van der Waals surface area contributed by atoms with Crippen molar-refractivity contribution in [3.05, 3.63) is 42.1 Å². The van der Waals surface area contributed by atoms with Crippen molar-refractivity contribution in [2.75, 3.05) is 7.05 Å². The molecule has 1 atom stereocenters. The van der Waals surface area contributed by atoms with Gasteiger partial charge in [-0.3, -0.25) is 4.98 Å². The predicted octanol–water partition coefficient (Wildman–Crippen LogP) is 4.47. The second kappa shape index (κ2) is 7.25. The third kappa shape index (κ3) is 3.77. The van der Waals surface area contributed by atoms with Crippen LogP contribution in [0.15, 0.2) is 36.5 Å². The molecule has 1 heterocycles. The summed E-state index contributed by atoms with van der Waals surface area (Å²) in [7, 11) is 2.05. The molecule has 0 fully saturated rings. The maximum atomic E-state index is 4.37. The van der Waals surface area contributed by atoms with E-state index in [1.165, 1.54) is 43.1 Å². The van der Waals surface area contributed by atoms with Gasteiger partial charge in [0.2, 0.25) is 0 Å². The van der Waals surface area contributed by atoms with E-state index in [9.17, 15) is 0 Å². The molecule has 1 unspecified atom stereocenters. The number of benzene rings is 1. The Kier molecular flexibility index (Phi) is 5.34. The number of aromatic nitrogens is 1. The Morgan fingerprint density at radius 3 is 2.84 bits per heavy atom. The van der Waals surface area contributed by atoms with Gasteiger partial charge in [0.1, 0.15) is 0 Å². The third-order valence-electron chi connectivity index (χ3n) is 3.72. The zero-order chi connectivity index (χ0) is 13.5. The lowest BCUT2D eigenvalue weighted by molar-refractivity contribution is 0.505. The van der Waals surface area contributed by atoms with Crippen LogP contribution >= 0.6 is 0 Å². The van der Waals surface area contributed by atoms with E-state index in [0.717, 1.165) is 5.52 Å². The second-order valence-electron chi connectivity index (χ2n) is 5.15. The Labute approximate surface area is 116 Å². The topological polar surface area (TPSA) is 24.9 Å². The second-order valence-corrected chi connectivity index (χ2v) is 5.15.